The Kier molecular flexibility index (Phi) is 3.07. The molecule has 2 rings (SSSR count). The Morgan fingerprint density at radius 3 is 2.53 bits per heavy atom. The average molecular weight is 227 g/mol. The highest BCUT2D eigenvalue weighted by molar-refractivity contribution is 6.30. The van der Waals surface area contributed by atoms with Gasteiger partial charge in [0.15, 0.2) is 0 Å². The zero-order valence-corrected chi connectivity index (χ0v) is 9.51. The van der Waals surface area contributed by atoms with Gasteiger partial charge in [-0.1, -0.05) is 11.6 Å². The fraction of sp³-hybridized carbons (Fsp3) is 0.600. The summed E-state index contributed by atoms with van der Waals surface area (Å²) in [7, 11) is 0. The zero-order valence-electron chi connectivity index (χ0n) is 8.76. The molecule has 15 heavy (non-hydrogen) atoms. The molecule has 0 atom stereocenters. The van der Waals surface area contributed by atoms with Crippen molar-refractivity contribution in [1.29, 1.82) is 0 Å². The second-order valence-corrected chi connectivity index (χ2v) is 4.60. The lowest BCUT2D eigenvalue weighted by molar-refractivity contribution is 0.363. The number of rotatable bonds is 2. The van der Waals surface area contributed by atoms with Crippen LogP contribution in [-0.4, -0.2) is 28.6 Å². The lowest BCUT2D eigenvalue weighted by atomic mass is 9.91. The maximum Gasteiger partial charge on any atom is 0.223 e. The summed E-state index contributed by atoms with van der Waals surface area (Å²) in [6.07, 6.45) is 5.39. The van der Waals surface area contributed by atoms with E-state index in [4.69, 9.17) is 11.6 Å². The van der Waals surface area contributed by atoms with Gasteiger partial charge in [-0.05, 0) is 32.9 Å². The highest BCUT2D eigenvalue weighted by Crippen LogP contribution is 2.21. The number of anilines is 1. The van der Waals surface area contributed by atoms with Crippen molar-refractivity contribution in [3.63, 3.8) is 0 Å². The third-order valence-electron chi connectivity index (χ3n) is 2.74. The summed E-state index contributed by atoms with van der Waals surface area (Å²) in [6.45, 7) is 4.28. The summed E-state index contributed by atoms with van der Waals surface area (Å²) in [4.78, 5) is 8.29. The van der Waals surface area contributed by atoms with Crippen LogP contribution in [-0.2, 0) is 0 Å². The topological polar surface area (TPSA) is 49.8 Å². The van der Waals surface area contributed by atoms with Crippen molar-refractivity contribution in [2.24, 2.45) is 0 Å². The molecule has 0 radical (unpaired) electrons. The largest absolute Gasteiger partial charge is 0.349 e. The lowest BCUT2D eigenvalue weighted by Gasteiger charge is -2.34. The van der Waals surface area contributed by atoms with Gasteiger partial charge in [-0.25, -0.2) is 9.97 Å². The smallest absolute Gasteiger partial charge is 0.223 e. The molecule has 1 aliphatic heterocycles. The Balaban J connectivity index is 2.03. The molecule has 2 heterocycles. The summed E-state index contributed by atoms with van der Waals surface area (Å²) < 4.78 is 0. The van der Waals surface area contributed by atoms with E-state index < -0.39 is 0 Å². The monoisotopic (exact) mass is 226 g/mol. The van der Waals surface area contributed by atoms with Crippen molar-refractivity contribution in [1.82, 2.24) is 15.3 Å². The standard InChI is InChI=1S/C10H15ClN4/c1-10(2-4-12-5-3-10)15-9-13-6-8(11)7-14-9/h6-7,12H,2-5H2,1H3,(H,13,14,15). The van der Waals surface area contributed by atoms with Gasteiger partial charge in [0.2, 0.25) is 5.95 Å². The number of nitrogens with one attached hydrogen (secondary N) is 2. The van der Waals surface area contributed by atoms with Crippen LogP contribution >= 0.6 is 11.6 Å². The molecule has 1 aromatic rings. The number of hydrogen-bond donors (Lipinski definition) is 2. The van der Waals surface area contributed by atoms with Crippen molar-refractivity contribution in [2.75, 3.05) is 18.4 Å². The van der Waals surface area contributed by atoms with E-state index in [0.29, 0.717) is 11.0 Å². The molecule has 4 nitrogen and oxygen atoms in total. The Hall–Kier alpha value is -0.870. The van der Waals surface area contributed by atoms with Gasteiger partial charge in [-0.2, -0.15) is 0 Å². The zero-order chi connectivity index (χ0) is 10.7. The quantitative estimate of drug-likeness (QED) is 0.806. The van der Waals surface area contributed by atoms with E-state index in [1.54, 1.807) is 12.4 Å². The first-order valence-electron chi connectivity index (χ1n) is 5.14. The van der Waals surface area contributed by atoms with Gasteiger partial charge in [0, 0.05) is 5.54 Å². The Morgan fingerprint density at radius 1 is 1.33 bits per heavy atom. The SMILES string of the molecule is CC1(Nc2ncc(Cl)cn2)CCNCC1. The molecule has 5 heteroatoms. The van der Waals surface area contributed by atoms with Crippen LogP contribution < -0.4 is 10.6 Å². The first kappa shape index (κ1) is 10.6. The predicted octanol–water partition coefficient (Wildman–Crippen LogP) is 1.68. The number of nitrogens with zero attached hydrogens (tertiary/aromatic N) is 2. The molecular formula is C10H15ClN4. The fourth-order valence-corrected chi connectivity index (χ4v) is 1.85. The van der Waals surface area contributed by atoms with Gasteiger partial charge >= 0.3 is 0 Å². The fourth-order valence-electron chi connectivity index (χ4n) is 1.75. The summed E-state index contributed by atoms with van der Waals surface area (Å²) in [5.41, 5.74) is 0.0963. The first-order chi connectivity index (χ1) is 7.18. The second-order valence-electron chi connectivity index (χ2n) is 4.16. The molecule has 1 aliphatic rings. The van der Waals surface area contributed by atoms with Gasteiger partial charge in [-0.3, -0.25) is 0 Å². The van der Waals surface area contributed by atoms with Gasteiger partial charge in [0.05, 0.1) is 17.4 Å². The van der Waals surface area contributed by atoms with Crippen LogP contribution in [0.3, 0.4) is 0 Å². The number of piperidine rings is 1. The molecule has 0 saturated carbocycles. The number of hydrogen-bond acceptors (Lipinski definition) is 4. The van der Waals surface area contributed by atoms with E-state index >= 15 is 0 Å². The van der Waals surface area contributed by atoms with Crippen LogP contribution in [0.15, 0.2) is 12.4 Å². The first-order valence-corrected chi connectivity index (χ1v) is 5.52. The van der Waals surface area contributed by atoms with Crippen molar-refractivity contribution < 1.29 is 0 Å². The Bertz CT molecular complexity index is 319. The summed E-state index contributed by atoms with van der Waals surface area (Å²) in [6, 6.07) is 0. The average Bonchev–Trinajstić information content (AvgIpc) is 2.22. The summed E-state index contributed by atoms with van der Waals surface area (Å²) in [5, 5.41) is 7.26. The van der Waals surface area contributed by atoms with E-state index in [9.17, 15) is 0 Å². The van der Waals surface area contributed by atoms with E-state index in [1.165, 1.54) is 0 Å². The molecular weight excluding hydrogens is 212 g/mol. The number of halogens is 1. The third-order valence-corrected chi connectivity index (χ3v) is 2.94. The third kappa shape index (κ3) is 2.79. The van der Waals surface area contributed by atoms with Crippen LogP contribution in [0.25, 0.3) is 0 Å². The van der Waals surface area contributed by atoms with Crippen LogP contribution in [0.4, 0.5) is 5.95 Å². The van der Waals surface area contributed by atoms with Crippen LogP contribution in [0.5, 0.6) is 0 Å². The van der Waals surface area contributed by atoms with Gasteiger partial charge in [-0.15, -0.1) is 0 Å². The summed E-state index contributed by atoms with van der Waals surface area (Å²) in [5.74, 6) is 0.656. The molecule has 0 bridgehead atoms. The van der Waals surface area contributed by atoms with Crippen LogP contribution in [0.1, 0.15) is 19.8 Å². The molecule has 0 aliphatic carbocycles. The molecule has 1 fully saturated rings. The van der Waals surface area contributed by atoms with E-state index in [-0.39, 0.29) is 5.54 Å². The Morgan fingerprint density at radius 2 is 1.93 bits per heavy atom. The minimum absolute atomic E-state index is 0.0963. The molecule has 82 valence electrons. The highest BCUT2D eigenvalue weighted by atomic mass is 35.5. The normalized spacial score (nSPS) is 19.9. The molecule has 2 N–H and O–H groups in total. The maximum atomic E-state index is 5.73. The van der Waals surface area contributed by atoms with Gasteiger partial charge < -0.3 is 10.6 Å². The molecule has 0 unspecified atom stereocenters. The molecule has 0 aromatic carbocycles. The molecule has 1 saturated heterocycles. The van der Waals surface area contributed by atoms with Crippen molar-refractivity contribution in [2.45, 2.75) is 25.3 Å². The lowest BCUT2D eigenvalue weighted by Crippen LogP contribution is -2.45. The Labute approximate surface area is 94.5 Å². The predicted molar refractivity (Wildman–Crippen MR) is 61.2 cm³/mol. The van der Waals surface area contributed by atoms with E-state index in [1.807, 2.05) is 0 Å². The van der Waals surface area contributed by atoms with Crippen LogP contribution in [0, 0.1) is 0 Å². The minimum Gasteiger partial charge on any atom is -0.349 e. The molecule has 1 aromatic heterocycles. The van der Waals surface area contributed by atoms with Gasteiger partial charge in [0.25, 0.3) is 0 Å². The number of aromatic nitrogens is 2. The second kappa shape index (κ2) is 4.33. The van der Waals surface area contributed by atoms with Crippen LogP contribution in [0.2, 0.25) is 5.02 Å². The molecule has 0 spiro atoms. The molecule has 0 amide bonds. The van der Waals surface area contributed by atoms with E-state index in [2.05, 4.69) is 27.5 Å². The minimum atomic E-state index is 0.0963. The van der Waals surface area contributed by atoms with Gasteiger partial charge in [0.1, 0.15) is 0 Å². The maximum absolute atomic E-state index is 5.73. The van der Waals surface area contributed by atoms with Crippen molar-refractivity contribution in [3.8, 4) is 0 Å². The highest BCUT2D eigenvalue weighted by Gasteiger charge is 2.26. The van der Waals surface area contributed by atoms with Crippen molar-refractivity contribution in [3.05, 3.63) is 17.4 Å². The summed E-state index contributed by atoms with van der Waals surface area (Å²) >= 11 is 5.73. The van der Waals surface area contributed by atoms with Crippen molar-refractivity contribution >= 4 is 17.5 Å². The van der Waals surface area contributed by atoms with E-state index in [0.717, 1.165) is 25.9 Å².